The van der Waals surface area contributed by atoms with Gasteiger partial charge in [-0.3, -0.25) is 0 Å². The molecule has 1 aliphatic carbocycles. The molecule has 0 saturated heterocycles. The van der Waals surface area contributed by atoms with Gasteiger partial charge in [0.1, 0.15) is 5.75 Å². The molecule has 2 aromatic carbocycles. The highest BCUT2D eigenvalue weighted by Gasteiger charge is 2.24. The molecule has 0 amide bonds. The third-order valence-corrected chi connectivity index (χ3v) is 4.82. The van der Waals surface area contributed by atoms with Gasteiger partial charge in [0, 0.05) is 17.2 Å². The molecule has 1 heterocycles. The molecule has 0 unspecified atom stereocenters. The second-order valence-electron chi connectivity index (χ2n) is 6.75. The molecule has 4 rings (SSSR count). The lowest BCUT2D eigenvalue weighted by Crippen LogP contribution is -2.05. The highest BCUT2D eigenvalue weighted by atomic mass is 35.5. The minimum Gasteiger partial charge on any atom is -0.489 e. The monoisotopic (exact) mass is 369 g/mol. The fourth-order valence-corrected chi connectivity index (χ4v) is 3.55. The molecule has 0 saturated carbocycles. The summed E-state index contributed by atoms with van der Waals surface area (Å²) >= 11 is 6.31. The maximum atomic E-state index is 6.31. The van der Waals surface area contributed by atoms with Crippen molar-refractivity contribution in [1.29, 1.82) is 0 Å². The highest BCUT2D eigenvalue weighted by molar-refractivity contribution is 6.32. The van der Waals surface area contributed by atoms with E-state index in [2.05, 4.69) is 16.2 Å². The van der Waals surface area contributed by atoms with Crippen molar-refractivity contribution in [2.75, 3.05) is 0 Å². The van der Waals surface area contributed by atoms with Crippen LogP contribution in [-0.4, -0.2) is 16.2 Å². The summed E-state index contributed by atoms with van der Waals surface area (Å²) in [6, 6.07) is 11.6. The summed E-state index contributed by atoms with van der Waals surface area (Å²) in [5.41, 5.74) is 10.3. The van der Waals surface area contributed by atoms with E-state index in [1.54, 1.807) is 6.07 Å². The zero-order chi connectivity index (χ0) is 18.3. The van der Waals surface area contributed by atoms with Crippen LogP contribution < -0.4 is 10.5 Å². The van der Waals surface area contributed by atoms with Gasteiger partial charge in [0.2, 0.25) is 5.82 Å². The van der Waals surface area contributed by atoms with Gasteiger partial charge in [-0.1, -0.05) is 35.0 Å². The fourth-order valence-electron chi connectivity index (χ4n) is 3.33. The zero-order valence-corrected chi connectivity index (χ0v) is 15.5. The summed E-state index contributed by atoms with van der Waals surface area (Å²) in [6.45, 7) is 3.91. The average Bonchev–Trinajstić information content (AvgIpc) is 3.24. The molecule has 1 aromatic heterocycles. The molecule has 0 radical (unpaired) electrons. The smallest absolute Gasteiger partial charge is 0.258 e. The van der Waals surface area contributed by atoms with Crippen molar-refractivity contribution >= 4 is 11.6 Å². The van der Waals surface area contributed by atoms with Gasteiger partial charge in [-0.05, 0) is 56.0 Å². The van der Waals surface area contributed by atoms with Crippen LogP contribution in [0.5, 0.6) is 5.75 Å². The SMILES string of the molecule is CC(C)Oc1ccc(-c2nc(-c3cccc4c3CC[C@H]4N)no2)cc1Cl. The quantitative estimate of drug-likeness (QED) is 0.715. The van der Waals surface area contributed by atoms with Crippen LogP contribution in [0.2, 0.25) is 5.02 Å². The first-order chi connectivity index (χ1) is 12.5. The largest absolute Gasteiger partial charge is 0.489 e. The van der Waals surface area contributed by atoms with Gasteiger partial charge in [0.05, 0.1) is 11.1 Å². The number of fused-ring (bicyclic) bond motifs is 1. The van der Waals surface area contributed by atoms with E-state index in [4.69, 9.17) is 26.6 Å². The maximum Gasteiger partial charge on any atom is 0.258 e. The molecule has 0 bridgehead atoms. The van der Waals surface area contributed by atoms with Crippen molar-refractivity contribution in [3.05, 3.63) is 52.5 Å². The molecule has 1 aliphatic rings. The summed E-state index contributed by atoms with van der Waals surface area (Å²) in [5.74, 6) is 1.64. The lowest BCUT2D eigenvalue weighted by molar-refractivity contribution is 0.242. The second-order valence-corrected chi connectivity index (χ2v) is 7.16. The number of ether oxygens (including phenoxy) is 1. The number of nitrogens with zero attached hydrogens (tertiary/aromatic N) is 2. The highest BCUT2D eigenvalue weighted by Crippen LogP contribution is 2.36. The molecule has 1 atom stereocenters. The number of hydrogen-bond acceptors (Lipinski definition) is 5. The second kappa shape index (κ2) is 6.74. The Bertz CT molecular complexity index is 952. The van der Waals surface area contributed by atoms with Gasteiger partial charge < -0.3 is 15.0 Å². The summed E-state index contributed by atoms with van der Waals surface area (Å²) in [4.78, 5) is 4.57. The molecular formula is C20H20ClN3O2. The summed E-state index contributed by atoms with van der Waals surface area (Å²) in [7, 11) is 0. The van der Waals surface area contributed by atoms with Gasteiger partial charge in [-0.25, -0.2) is 0 Å². The van der Waals surface area contributed by atoms with Crippen LogP contribution in [0.1, 0.15) is 37.4 Å². The van der Waals surface area contributed by atoms with Crippen molar-refractivity contribution in [3.8, 4) is 28.6 Å². The molecule has 0 spiro atoms. The fraction of sp³-hybridized carbons (Fsp3) is 0.300. The van der Waals surface area contributed by atoms with Gasteiger partial charge >= 0.3 is 0 Å². The van der Waals surface area contributed by atoms with E-state index in [-0.39, 0.29) is 12.1 Å². The van der Waals surface area contributed by atoms with Gasteiger partial charge in [0.25, 0.3) is 5.89 Å². The topological polar surface area (TPSA) is 74.2 Å². The van der Waals surface area contributed by atoms with Crippen molar-refractivity contribution in [3.63, 3.8) is 0 Å². The van der Waals surface area contributed by atoms with Crippen LogP contribution in [0.15, 0.2) is 40.9 Å². The maximum absolute atomic E-state index is 6.31. The van der Waals surface area contributed by atoms with E-state index in [0.717, 1.165) is 24.0 Å². The number of benzene rings is 2. The van der Waals surface area contributed by atoms with Crippen LogP contribution in [0.4, 0.5) is 0 Å². The first-order valence-electron chi connectivity index (χ1n) is 8.71. The van der Waals surface area contributed by atoms with E-state index < -0.39 is 0 Å². The van der Waals surface area contributed by atoms with E-state index in [1.807, 2.05) is 38.1 Å². The van der Waals surface area contributed by atoms with Crippen molar-refractivity contribution in [2.24, 2.45) is 5.73 Å². The first kappa shape index (κ1) is 17.1. The van der Waals surface area contributed by atoms with Crippen LogP contribution in [-0.2, 0) is 6.42 Å². The summed E-state index contributed by atoms with van der Waals surface area (Å²) in [5, 5.41) is 4.68. The molecule has 0 fully saturated rings. The van der Waals surface area contributed by atoms with E-state index in [0.29, 0.717) is 22.5 Å². The summed E-state index contributed by atoms with van der Waals surface area (Å²) in [6.07, 6.45) is 1.94. The Hall–Kier alpha value is -2.37. The van der Waals surface area contributed by atoms with Crippen LogP contribution in [0.3, 0.4) is 0 Å². The molecule has 2 N–H and O–H groups in total. The number of rotatable bonds is 4. The lowest BCUT2D eigenvalue weighted by atomic mass is 10.0. The van der Waals surface area contributed by atoms with Crippen molar-refractivity contribution in [1.82, 2.24) is 10.1 Å². The Morgan fingerprint density at radius 1 is 1.27 bits per heavy atom. The zero-order valence-electron chi connectivity index (χ0n) is 14.7. The Balaban J connectivity index is 1.67. The number of nitrogens with two attached hydrogens (primary N) is 1. The first-order valence-corrected chi connectivity index (χ1v) is 9.08. The Morgan fingerprint density at radius 3 is 2.88 bits per heavy atom. The third-order valence-electron chi connectivity index (χ3n) is 4.53. The Kier molecular flexibility index (Phi) is 4.42. The Labute approximate surface area is 157 Å². The molecule has 6 heteroatoms. The molecule has 26 heavy (non-hydrogen) atoms. The third kappa shape index (κ3) is 3.08. The molecular weight excluding hydrogens is 350 g/mol. The van der Waals surface area contributed by atoms with Gasteiger partial charge in [0.15, 0.2) is 0 Å². The Morgan fingerprint density at radius 2 is 2.12 bits per heavy atom. The van der Waals surface area contributed by atoms with Gasteiger partial charge in [-0.15, -0.1) is 0 Å². The molecule has 134 valence electrons. The predicted octanol–water partition coefficient (Wildman–Crippen LogP) is 4.79. The van der Waals surface area contributed by atoms with E-state index in [9.17, 15) is 0 Å². The minimum atomic E-state index is 0.0555. The number of halogens is 1. The predicted molar refractivity (Wildman–Crippen MR) is 101 cm³/mol. The lowest BCUT2D eigenvalue weighted by Gasteiger charge is -2.11. The number of hydrogen-bond donors (Lipinski definition) is 1. The van der Waals surface area contributed by atoms with Crippen LogP contribution in [0.25, 0.3) is 22.8 Å². The average molecular weight is 370 g/mol. The van der Waals surface area contributed by atoms with Crippen LogP contribution in [0, 0.1) is 0 Å². The standard InChI is InChI=1S/C20H20ClN3O2/c1-11(2)25-18-9-6-12(10-16(18)21)20-23-19(24-26-20)15-5-3-4-14-13(15)7-8-17(14)22/h3-6,9-11,17H,7-8,22H2,1-2H3/t17-/m1/s1. The van der Waals surface area contributed by atoms with Crippen molar-refractivity contribution in [2.45, 2.75) is 38.8 Å². The normalized spacial score (nSPS) is 16.1. The van der Waals surface area contributed by atoms with Gasteiger partial charge in [-0.2, -0.15) is 4.98 Å². The summed E-state index contributed by atoms with van der Waals surface area (Å²) < 4.78 is 11.1. The number of aromatic nitrogens is 2. The molecule has 0 aliphatic heterocycles. The van der Waals surface area contributed by atoms with Crippen molar-refractivity contribution < 1.29 is 9.26 Å². The molecule has 3 aromatic rings. The van der Waals surface area contributed by atoms with E-state index in [1.165, 1.54) is 11.1 Å². The van der Waals surface area contributed by atoms with Crippen LogP contribution >= 0.6 is 11.6 Å². The molecule has 5 nitrogen and oxygen atoms in total. The van der Waals surface area contributed by atoms with E-state index >= 15 is 0 Å². The minimum absolute atomic E-state index is 0.0555.